The monoisotopic (exact) mass is 512 g/mol. The molecule has 3 aromatic carbocycles. The van der Waals surface area contributed by atoms with E-state index in [0.717, 1.165) is 35.7 Å². The number of carbonyl (C=O) groups excluding carboxylic acids is 3. The lowest BCUT2D eigenvalue weighted by molar-refractivity contribution is -0.125. The van der Waals surface area contributed by atoms with Gasteiger partial charge in [-0.05, 0) is 55.0 Å². The largest absolute Gasteiger partial charge is 0.378 e. The molecule has 3 aromatic rings. The van der Waals surface area contributed by atoms with E-state index in [1.54, 1.807) is 29.2 Å². The number of ether oxygens (including phenoxy) is 1. The minimum absolute atomic E-state index is 0.162. The van der Waals surface area contributed by atoms with Gasteiger partial charge in [-0.25, -0.2) is 0 Å². The van der Waals surface area contributed by atoms with E-state index in [1.807, 2.05) is 49.4 Å². The van der Waals surface area contributed by atoms with Crippen molar-refractivity contribution in [1.29, 1.82) is 0 Å². The molecule has 8 heteroatoms. The fraction of sp³-hybridized carbons (Fsp3) is 0.300. The number of benzene rings is 3. The highest BCUT2D eigenvalue weighted by Gasteiger charge is 2.44. The third-order valence-corrected chi connectivity index (χ3v) is 7.30. The highest BCUT2D eigenvalue weighted by Crippen LogP contribution is 2.43. The number of nitrogens with one attached hydrogen (secondary N) is 2. The van der Waals surface area contributed by atoms with Crippen molar-refractivity contribution < 1.29 is 19.1 Å². The zero-order valence-corrected chi connectivity index (χ0v) is 21.6. The summed E-state index contributed by atoms with van der Waals surface area (Å²) < 4.78 is 5.46. The molecule has 1 saturated heterocycles. The quantitative estimate of drug-likeness (QED) is 0.502. The van der Waals surface area contributed by atoms with Gasteiger partial charge >= 0.3 is 0 Å². The van der Waals surface area contributed by atoms with E-state index in [-0.39, 0.29) is 5.91 Å². The zero-order valence-electron chi connectivity index (χ0n) is 21.6. The Morgan fingerprint density at radius 2 is 1.53 bits per heavy atom. The van der Waals surface area contributed by atoms with E-state index in [1.165, 1.54) is 6.92 Å². The maximum absolute atomic E-state index is 13.7. The first-order valence-electron chi connectivity index (χ1n) is 12.9. The lowest BCUT2D eigenvalue weighted by Crippen LogP contribution is -2.55. The van der Waals surface area contributed by atoms with Gasteiger partial charge in [0.15, 0.2) is 0 Å². The molecule has 196 valence electrons. The van der Waals surface area contributed by atoms with Crippen molar-refractivity contribution in [3.63, 3.8) is 0 Å². The van der Waals surface area contributed by atoms with Gasteiger partial charge in [0.1, 0.15) is 0 Å². The summed E-state index contributed by atoms with van der Waals surface area (Å²) in [6.07, 6.45) is 0. The Morgan fingerprint density at radius 1 is 0.868 bits per heavy atom. The predicted octanol–water partition coefficient (Wildman–Crippen LogP) is 4.00. The van der Waals surface area contributed by atoms with Gasteiger partial charge in [0, 0.05) is 48.7 Å². The van der Waals surface area contributed by atoms with Gasteiger partial charge in [-0.3, -0.25) is 19.7 Å². The first-order chi connectivity index (χ1) is 18.4. The molecular weight excluding hydrogens is 480 g/mol. The Bertz CT molecular complexity index is 1310. The molecule has 0 aromatic heterocycles. The van der Waals surface area contributed by atoms with Gasteiger partial charge in [0.2, 0.25) is 11.8 Å². The van der Waals surface area contributed by atoms with Crippen LogP contribution in [0.3, 0.4) is 0 Å². The summed E-state index contributed by atoms with van der Waals surface area (Å²) >= 11 is 0. The molecule has 0 bridgehead atoms. The minimum Gasteiger partial charge on any atom is -0.378 e. The van der Waals surface area contributed by atoms with Crippen molar-refractivity contribution in [2.75, 3.05) is 41.4 Å². The number of imide groups is 1. The van der Waals surface area contributed by atoms with Crippen LogP contribution in [0.2, 0.25) is 0 Å². The van der Waals surface area contributed by atoms with E-state index in [4.69, 9.17) is 4.74 Å². The lowest BCUT2D eigenvalue weighted by Gasteiger charge is -2.44. The van der Waals surface area contributed by atoms with E-state index >= 15 is 0 Å². The number of fused-ring (bicyclic) bond motifs is 1. The Balaban J connectivity index is 1.46. The topological polar surface area (TPSA) is 91.0 Å². The molecule has 2 aliphatic heterocycles. The molecule has 0 radical (unpaired) electrons. The zero-order chi connectivity index (χ0) is 26.6. The third-order valence-electron chi connectivity index (χ3n) is 7.30. The first-order valence-corrected chi connectivity index (χ1v) is 12.9. The third kappa shape index (κ3) is 5.13. The van der Waals surface area contributed by atoms with Gasteiger partial charge in [0.25, 0.3) is 5.91 Å². The summed E-state index contributed by atoms with van der Waals surface area (Å²) in [5.74, 6) is -1.79. The normalized spacial score (nSPS) is 20.8. The minimum atomic E-state index is -0.722. The van der Waals surface area contributed by atoms with Gasteiger partial charge in [0.05, 0.1) is 25.2 Å². The number of hydrogen-bond acceptors (Lipinski definition) is 6. The van der Waals surface area contributed by atoms with E-state index in [9.17, 15) is 14.4 Å². The fourth-order valence-corrected chi connectivity index (χ4v) is 5.44. The summed E-state index contributed by atoms with van der Waals surface area (Å²) in [7, 11) is 0. The summed E-state index contributed by atoms with van der Waals surface area (Å²) in [4.78, 5) is 43.2. The highest BCUT2D eigenvalue weighted by molar-refractivity contribution is 6.06. The number of amides is 3. The van der Waals surface area contributed by atoms with Crippen molar-refractivity contribution in [1.82, 2.24) is 5.32 Å². The van der Waals surface area contributed by atoms with E-state index < -0.39 is 29.8 Å². The van der Waals surface area contributed by atoms with Crippen molar-refractivity contribution in [2.45, 2.75) is 25.9 Å². The lowest BCUT2D eigenvalue weighted by atomic mass is 9.80. The van der Waals surface area contributed by atoms with Crippen LogP contribution in [0.1, 0.15) is 35.8 Å². The Morgan fingerprint density at radius 3 is 2.21 bits per heavy atom. The molecule has 0 saturated carbocycles. The average molecular weight is 513 g/mol. The SMILES string of the molecule is CC(=O)N1c2ccccc2C(Nc2ccc(N3CCOCC3)cc2)C(C(=O)NC(=O)c2ccccc2)C1C. The highest BCUT2D eigenvalue weighted by atomic mass is 16.5. The summed E-state index contributed by atoms with van der Waals surface area (Å²) in [5, 5.41) is 6.13. The molecule has 2 aliphatic rings. The number of morpholine rings is 1. The smallest absolute Gasteiger partial charge is 0.257 e. The van der Waals surface area contributed by atoms with Gasteiger partial charge in [-0.1, -0.05) is 36.4 Å². The second-order valence-corrected chi connectivity index (χ2v) is 9.67. The molecule has 8 nitrogen and oxygen atoms in total. The van der Waals surface area contributed by atoms with E-state index in [0.29, 0.717) is 18.8 Å². The van der Waals surface area contributed by atoms with Crippen LogP contribution in [0.25, 0.3) is 0 Å². The number of anilines is 3. The van der Waals surface area contributed by atoms with Crippen LogP contribution in [-0.4, -0.2) is 50.1 Å². The molecule has 38 heavy (non-hydrogen) atoms. The number of hydrogen-bond donors (Lipinski definition) is 2. The van der Waals surface area contributed by atoms with Crippen LogP contribution in [0.4, 0.5) is 17.1 Å². The van der Waals surface area contributed by atoms with Crippen molar-refractivity contribution in [3.8, 4) is 0 Å². The van der Waals surface area contributed by atoms with Crippen molar-refractivity contribution in [3.05, 3.63) is 90.0 Å². The van der Waals surface area contributed by atoms with Crippen LogP contribution in [0.5, 0.6) is 0 Å². The van der Waals surface area contributed by atoms with Crippen LogP contribution < -0.4 is 20.4 Å². The molecule has 0 spiro atoms. The van der Waals surface area contributed by atoms with Gasteiger partial charge in [-0.15, -0.1) is 0 Å². The van der Waals surface area contributed by atoms with Gasteiger partial charge < -0.3 is 19.9 Å². The second kappa shape index (κ2) is 11.1. The predicted molar refractivity (Wildman–Crippen MR) is 147 cm³/mol. The second-order valence-electron chi connectivity index (χ2n) is 9.67. The maximum Gasteiger partial charge on any atom is 0.257 e. The average Bonchev–Trinajstić information content (AvgIpc) is 2.94. The number of nitrogens with zero attached hydrogens (tertiary/aromatic N) is 2. The van der Waals surface area contributed by atoms with Crippen molar-refractivity contribution >= 4 is 34.8 Å². The standard InChI is InChI=1S/C30H32N4O4/c1-20-27(30(37)32-29(36)22-8-4-3-5-9-22)28(25-10-6-7-11-26(25)34(20)21(2)35)31-23-12-14-24(15-13-23)33-16-18-38-19-17-33/h3-15,20,27-28,31H,16-19H2,1-2H3,(H,32,36,37). The molecule has 2 N–H and O–H groups in total. The maximum atomic E-state index is 13.7. The molecule has 0 aliphatic carbocycles. The molecule has 3 amide bonds. The van der Waals surface area contributed by atoms with Gasteiger partial charge in [-0.2, -0.15) is 0 Å². The van der Waals surface area contributed by atoms with Crippen LogP contribution >= 0.6 is 0 Å². The molecule has 5 rings (SSSR count). The fourth-order valence-electron chi connectivity index (χ4n) is 5.44. The summed E-state index contributed by atoms with van der Waals surface area (Å²) in [6.45, 7) is 6.46. The van der Waals surface area contributed by atoms with Crippen LogP contribution in [0, 0.1) is 5.92 Å². The Labute approximate surface area is 222 Å². The molecule has 1 fully saturated rings. The Kier molecular flexibility index (Phi) is 7.42. The molecule has 2 heterocycles. The molecular formula is C30H32N4O4. The van der Waals surface area contributed by atoms with Crippen LogP contribution in [-0.2, 0) is 14.3 Å². The van der Waals surface area contributed by atoms with E-state index in [2.05, 4.69) is 27.7 Å². The Hall–Kier alpha value is -4.17. The summed E-state index contributed by atoms with van der Waals surface area (Å²) in [6, 6.07) is 23.4. The number of carbonyl (C=O) groups is 3. The van der Waals surface area contributed by atoms with Crippen molar-refractivity contribution in [2.24, 2.45) is 5.92 Å². The first kappa shape index (κ1) is 25.5. The summed E-state index contributed by atoms with van der Waals surface area (Å²) in [5.41, 5.74) is 3.94. The molecule has 3 unspecified atom stereocenters. The number of rotatable bonds is 5. The van der Waals surface area contributed by atoms with Crippen LogP contribution in [0.15, 0.2) is 78.9 Å². The molecule has 3 atom stereocenters. The number of para-hydroxylation sites is 1.